The zero-order valence-corrected chi connectivity index (χ0v) is 23.0. The SMILES string of the molecule is CO.N=C(C(=O)NC1N=C(c2ccccc2)c2ccccc2N(CC(=O)NC(C=O)CC(=O)O)C1=O)c1csc(N)n1. The van der Waals surface area contributed by atoms with E-state index < -0.39 is 54.6 Å². The van der Waals surface area contributed by atoms with Crippen LogP contribution in [0.5, 0.6) is 0 Å². The monoisotopic (exact) mass is 593 g/mol. The fourth-order valence-electron chi connectivity index (χ4n) is 3.95. The van der Waals surface area contributed by atoms with E-state index in [0.717, 1.165) is 23.3 Å². The first-order chi connectivity index (χ1) is 20.2. The standard InChI is InChI=1S/C26H23N7O6S.CH4O/c27-21(17-13-40-26(28)30-17)24(38)32-23-25(39)33(11-19(35)29-15(12-34)10-20(36)37)18-9-5-4-8-16(18)22(31-23)14-6-2-1-3-7-14;1-2/h1-9,12-13,15,23,27H,10-11H2,(H2,28,30)(H,29,35)(H,32,38)(H,36,37);2H,1H3. The number of carboxylic acids is 1. The topological polar surface area (TPSA) is 228 Å². The number of rotatable bonds is 10. The summed E-state index contributed by atoms with van der Waals surface area (Å²) in [5, 5.41) is 30.5. The first kappa shape index (κ1) is 31.3. The number of nitrogens with zero attached hydrogens (tertiary/aromatic N) is 3. The van der Waals surface area contributed by atoms with Crippen LogP contribution in [0.1, 0.15) is 23.2 Å². The minimum Gasteiger partial charge on any atom is -0.481 e. The van der Waals surface area contributed by atoms with Gasteiger partial charge in [0.05, 0.1) is 23.9 Å². The highest BCUT2D eigenvalue weighted by Gasteiger charge is 2.35. The van der Waals surface area contributed by atoms with E-state index in [1.54, 1.807) is 54.6 Å². The Morgan fingerprint density at radius 3 is 2.43 bits per heavy atom. The summed E-state index contributed by atoms with van der Waals surface area (Å²) in [4.78, 5) is 71.5. The molecule has 0 radical (unpaired) electrons. The van der Waals surface area contributed by atoms with E-state index in [1.807, 2.05) is 0 Å². The van der Waals surface area contributed by atoms with Crippen LogP contribution in [0, 0.1) is 5.41 Å². The molecule has 1 aliphatic rings. The normalized spacial score (nSPS) is 14.6. The van der Waals surface area contributed by atoms with Crippen LogP contribution in [0.2, 0.25) is 0 Å². The molecule has 2 atom stereocenters. The van der Waals surface area contributed by atoms with Crippen LogP contribution in [-0.4, -0.2) is 82.5 Å². The molecule has 14 nitrogen and oxygen atoms in total. The summed E-state index contributed by atoms with van der Waals surface area (Å²) in [7, 11) is 1.00. The van der Waals surface area contributed by atoms with Crippen molar-refractivity contribution in [2.24, 2.45) is 4.99 Å². The molecule has 0 spiro atoms. The summed E-state index contributed by atoms with van der Waals surface area (Å²) >= 11 is 1.04. The average Bonchev–Trinajstić information content (AvgIpc) is 3.40. The summed E-state index contributed by atoms with van der Waals surface area (Å²) < 4.78 is 0. The molecule has 0 saturated heterocycles. The van der Waals surface area contributed by atoms with Crippen LogP contribution in [0.4, 0.5) is 10.8 Å². The van der Waals surface area contributed by atoms with Gasteiger partial charge in [-0.25, -0.2) is 9.98 Å². The number of nitrogens with two attached hydrogens (primary N) is 1. The van der Waals surface area contributed by atoms with Gasteiger partial charge in [0.2, 0.25) is 12.1 Å². The Morgan fingerprint density at radius 1 is 1.14 bits per heavy atom. The predicted molar refractivity (Wildman–Crippen MR) is 155 cm³/mol. The first-order valence-electron chi connectivity index (χ1n) is 12.2. The molecule has 0 bridgehead atoms. The van der Waals surface area contributed by atoms with Gasteiger partial charge >= 0.3 is 5.97 Å². The van der Waals surface area contributed by atoms with E-state index in [9.17, 15) is 24.0 Å². The van der Waals surface area contributed by atoms with Gasteiger partial charge in [-0.1, -0.05) is 48.5 Å². The number of fused-ring (bicyclic) bond motifs is 1. The van der Waals surface area contributed by atoms with Gasteiger partial charge in [-0.3, -0.25) is 29.5 Å². The number of carboxylic acid groups (broad SMARTS) is 1. The third-order valence-corrected chi connectivity index (χ3v) is 6.41. The molecule has 4 rings (SSSR count). The van der Waals surface area contributed by atoms with E-state index in [-0.39, 0.29) is 10.8 Å². The van der Waals surface area contributed by atoms with Crippen molar-refractivity contribution in [1.82, 2.24) is 15.6 Å². The number of nitrogen functional groups attached to an aromatic ring is 1. The van der Waals surface area contributed by atoms with Crippen molar-refractivity contribution in [2.75, 3.05) is 24.3 Å². The van der Waals surface area contributed by atoms with E-state index in [0.29, 0.717) is 28.8 Å². The first-order valence-corrected chi connectivity index (χ1v) is 13.1. The third kappa shape index (κ3) is 7.47. The lowest BCUT2D eigenvalue weighted by molar-refractivity contribution is -0.138. The van der Waals surface area contributed by atoms with Crippen LogP contribution in [0.3, 0.4) is 0 Å². The van der Waals surface area contributed by atoms with Gasteiger partial charge in [-0.05, 0) is 6.07 Å². The average molecular weight is 594 g/mol. The summed E-state index contributed by atoms with van der Waals surface area (Å²) in [6.07, 6.45) is -1.90. The second kappa shape index (κ2) is 14.4. The number of aldehydes is 1. The van der Waals surface area contributed by atoms with E-state index in [4.69, 9.17) is 21.4 Å². The number of aromatic nitrogens is 1. The quantitative estimate of drug-likeness (QED) is 0.139. The van der Waals surface area contributed by atoms with Crippen molar-refractivity contribution < 1.29 is 34.2 Å². The highest BCUT2D eigenvalue weighted by molar-refractivity contribution is 7.13. The zero-order chi connectivity index (χ0) is 30.8. The molecule has 15 heteroatoms. The number of benzene rings is 2. The second-order valence-corrected chi connectivity index (χ2v) is 9.40. The Hall–Kier alpha value is -5.28. The number of aliphatic carboxylic acids is 1. The smallest absolute Gasteiger partial charge is 0.305 e. The number of carbonyl (C=O) groups is 5. The fraction of sp³-hybridized carbons (Fsp3) is 0.185. The number of hydrogen-bond acceptors (Lipinski definition) is 11. The number of aliphatic hydroxyl groups is 1. The fourth-order valence-corrected chi connectivity index (χ4v) is 4.50. The molecular formula is C27H27N7O7S. The predicted octanol–water partition coefficient (Wildman–Crippen LogP) is 0.187. The van der Waals surface area contributed by atoms with Crippen LogP contribution in [-0.2, 0) is 24.0 Å². The Balaban J connectivity index is 0.00000237. The van der Waals surface area contributed by atoms with Crippen LogP contribution < -0.4 is 21.3 Å². The van der Waals surface area contributed by atoms with Crippen molar-refractivity contribution in [3.05, 3.63) is 76.8 Å². The van der Waals surface area contributed by atoms with Gasteiger partial charge < -0.3 is 31.4 Å². The second-order valence-electron chi connectivity index (χ2n) is 8.52. The van der Waals surface area contributed by atoms with E-state index >= 15 is 0 Å². The molecule has 2 aromatic carbocycles. The third-order valence-electron chi connectivity index (χ3n) is 5.74. The summed E-state index contributed by atoms with van der Waals surface area (Å²) in [6, 6.07) is 14.2. The van der Waals surface area contributed by atoms with Crippen molar-refractivity contribution in [2.45, 2.75) is 18.6 Å². The molecule has 42 heavy (non-hydrogen) atoms. The molecule has 218 valence electrons. The molecule has 0 saturated carbocycles. The van der Waals surface area contributed by atoms with Gasteiger partial charge in [0.1, 0.15) is 24.2 Å². The summed E-state index contributed by atoms with van der Waals surface area (Å²) in [5.74, 6) is -3.84. The molecule has 2 heterocycles. The van der Waals surface area contributed by atoms with Gasteiger partial charge in [-0.2, -0.15) is 0 Å². The molecule has 7 N–H and O–H groups in total. The Labute approximate surface area is 243 Å². The number of thiazole rings is 1. The van der Waals surface area contributed by atoms with E-state index in [1.165, 1.54) is 5.38 Å². The number of aliphatic hydroxyl groups excluding tert-OH is 1. The molecular weight excluding hydrogens is 566 g/mol. The lowest BCUT2D eigenvalue weighted by Gasteiger charge is -2.25. The van der Waals surface area contributed by atoms with Crippen molar-refractivity contribution in [3.63, 3.8) is 0 Å². The lowest BCUT2D eigenvalue weighted by Crippen LogP contribution is -2.52. The maximum Gasteiger partial charge on any atom is 0.305 e. The number of benzodiazepines with no additional fused rings is 1. The Morgan fingerprint density at radius 2 is 1.81 bits per heavy atom. The van der Waals surface area contributed by atoms with Crippen molar-refractivity contribution in [3.8, 4) is 0 Å². The van der Waals surface area contributed by atoms with Gasteiger partial charge in [-0.15, -0.1) is 11.3 Å². The minimum atomic E-state index is -1.56. The highest BCUT2D eigenvalue weighted by Crippen LogP contribution is 2.28. The number of amides is 3. The molecule has 0 fully saturated rings. The van der Waals surface area contributed by atoms with E-state index in [2.05, 4.69) is 20.6 Å². The van der Waals surface area contributed by atoms with Crippen molar-refractivity contribution >= 4 is 63.6 Å². The molecule has 1 aliphatic heterocycles. The van der Waals surface area contributed by atoms with Crippen LogP contribution >= 0.6 is 11.3 Å². The highest BCUT2D eigenvalue weighted by atomic mass is 32.1. The number of nitrogens with one attached hydrogen (secondary N) is 3. The molecule has 3 amide bonds. The van der Waals surface area contributed by atoms with Crippen molar-refractivity contribution in [1.29, 1.82) is 5.41 Å². The number of aliphatic imine (C=N–C) groups is 1. The summed E-state index contributed by atoms with van der Waals surface area (Å²) in [6.45, 7) is -0.607. The molecule has 3 aromatic rings. The molecule has 0 aliphatic carbocycles. The number of hydrogen-bond donors (Lipinski definition) is 6. The maximum absolute atomic E-state index is 13.8. The Kier molecular flexibility index (Phi) is 10.7. The maximum atomic E-state index is 13.8. The zero-order valence-electron chi connectivity index (χ0n) is 22.2. The largest absolute Gasteiger partial charge is 0.481 e. The summed E-state index contributed by atoms with van der Waals surface area (Å²) in [5.41, 5.74) is 6.84. The minimum absolute atomic E-state index is 0.0196. The Bertz CT molecular complexity index is 1520. The number of para-hydroxylation sites is 1. The van der Waals surface area contributed by atoms with Gasteiger partial charge in [0.25, 0.3) is 11.8 Å². The molecule has 2 unspecified atom stereocenters. The number of anilines is 2. The van der Waals surface area contributed by atoms with Crippen LogP contribution in [0.15, 0.2) is 65.0 Å². The molecule has 1 aromatic heterocycles. The number of carbonyl (C=O) groups excluding carboxylic acids is 4. The lowest BCUT2D eigenvalue weighted by atomic mass is 10.0. The van der Waals surface area contributed by atoms with Crippen LogP contribution in [0.25, 0.3) is 0 Å². The van der Waals surface area contributed by atoms with Gasteiger partial charge in [0.15, 0.2) is 5.13 Å². The van der Waals surface area contributed by atoms with Gasteiger partial charge in [0, 0.05) is 23.6 Å².